The summed E-state index contributed by atoms with van der Waals surface area (Å²) in [7, 11) is 0. The zero-order chi connectivity index (χ0) is 10.7. The number of aryl methyl sites for hydroxylation is 2. The van der Waals surface area contributed by atoms with E-state index in [4.69, 9.17) is 15.2 Å². The summed E-state index contributed by atoms with van der Waals surface area (Å²) in [5, 5.41) is 0. The third-order valence-corrected chi connectivity index (χ3v) is 2.58. The van der Waals surface area contributed by atoms with Crippen molar-refractivity contribution in [3.05, 3.63) is 28.8 Å². The molecule has 0 saturated carbocycles. The minimum Gasteiger partial charge on any atom is -0.467 e. The fourth-order valence-electron chi connectivity index (χ4n) is 1.95. The number of nitrogens with two attached hydrogens (primary N) is 1. The molecule has 1 aromatic rings. The van der Waals surface area contributed by atoms with E-state index < -0.39 is 0 Å². The summed E-state index contributed by atoms with van der Waals surface area (Å²) in [5.74, 6) is 1.01. The molecule has 3 heteroatoms. The van der Waals surface area contributed by atoms with Gasteiger partial charge >= 0.3 is 0 Å². The van der Waals surface area contributed by atoms with Crippen molar-refractivity contribution in [3.8, 4) is 5.75 Å². The van der Waals surface area contributed by atoms with Gasteiger partial charge in [-0.1, -0.05) is 17.7 Å². The number of hydrogen-bond acceptors (Lipinski definition) is 3. The standard InChI is InChI=1S/C12H17NO2/c1-9-5-10(3-2-4-13)12-11(6-9)7-14-8-15-12/h5-6H,2-4,7-8,13H2,1H3. The Morgan fingerprint density at radius 3 is 3.07 bits per heavy atom. The largest absolute Gasteiger partial charge is 0.467 e. The Balaban J connectivity index is 2.30. The summed E-state index contributed by atoms with van der Waals surface area (Å²) in [6.45, 7) is 3.85. The van der Waals surface area contributed by atoms with Crippen molar-refractivity contribution in [3.63, 3.8) is 0 Å². The molecule has 0 fully saturated rings. The zero-order valence-corrected chi connectivity index (χ0v) is 9.08. The van der Waals surface area contributed by atoms with Crippen LogP contribution in [0.4, 0.5) is 0 Å². The van der Waals surface area contributed by atoms with E-state index in [1.807, 2.05) is 0 Å². The number of fused-ring (bicyclic) bond motifs is 1. The molecular weight excluding hydrogens is 190 g/mol. The van der Waals surface area contributed by atoms with Crippen LogP contribution in [-0.2, 0) is 17.8 Å². The van der Waals surface area contributed by atoms with Crippen molar-refractivity contribution >= 4 is 0 Å². The van der Waals surface area contributed by atoms with Crippen molar-refractivity contribution in [1.29, 1.82) is 0 Å². The average molecular weight is 207 g/mol. The van der Waals surface area contributed by atoms with Crippen LogP contribution in [0.5, 0.6) is 5.75 Å². The normalized spacial score (nSPS) is 14.5. The first-order valence-electron chi connectivity index (χ1n) is 5.34. The Morgan fingerprint density at radius 2 is 2.27 bits per heavy atom. The van der Waals surface area contributed by atoms with Gasteiger partial charge in [0, 0.05) is 5.56 Å². The van der Waals surface area contributed by atoms with Crippen LogP contribution in [0.25, 0.3) is 0 Å². The lowest BCUT2D eigenvalue weighted by molar-refractivity contribution is -0.0170. The van der Waals surface area contributed by atoms with Crippen LogP contribution in [0.2, 0.25) is 0 Å². The van der Waals surface area contributed by atoms with E-state index in [1.165, 1.54) is 11.1 Å². The van der Waals surface area contributed by atoms with Gasteiger partial charge in [0.05, 0.1) is 6.61 Å². The topological polar surface area (TPSA) is 44.5 Å². The summed E-state index contributed by atoms with van der Waals surface area (Å²) in [6.07, 6.45) is 1.99. The molecular formula is C12H17NO2. The molecule has 15 heavy (non-hydrogen) atoms. The Morgan fingerprint density at radius 1 is 1.40 bits per heavy atom. The highest BCUT2D eigenvalue weighted by Gasteiger charge is 2.15. The minimum atomic E-state index is 0.367. The second-order valence-corrected chi connectivity index (χ2v) is 3.92. The van der Waals surface area contributed by atoms with E-state index >= 15 is 0 Å². The molecule has 2 rings (SSSR count). The van der Waals surface area contributed by atoms with Crippen LogP contribution >= 0.6 is 0 Å². The second kappa shape index (κ2) is 4.64. The molecule has 0 aliphatic carbocycles. The number of rotatable bonds is 3. The Hall–Kier alpha value is -1.06. The lowest BCUT2D eigenvalue weighted by Crippen LogP contribution is -2.14. The molecule has 1 aromatic carbocycles. The van der Waals surface area contributed by atoms with E-state index in [9.17, 15) is 0 Å². The molecule has 3 nitrogen and oxygen atoms in total. The molecule has 1 aliphatic heterocycles. The number of benzene rings is 1. The molecule has 0 unspecified atom stereocenters. The molecule has 82 valence electrons. The first-order chi connectivity index (χ1) is 7.31. The first-order valence-corrected chi connectivity index (χ1v) is 5.34. The van der Waals surface area contributed by atoms with E-state index in [2.05, 4.69) is 19.1 Å². The van der Waals surface area contributed by atoms with E-state index in [-0.39, 0.29) is 0 Å². The SMILES string of the molecule is Cc1cc(CCCN)c2c(c1)COCO2. The van der Waals surface area contributed by atoms with Crippen molar-refractivity contribution in [2.45, 2.75) is 26.4 Å². The lowest BCUT2D eigenvalue weighted by Gasteiger charge is -2.21. The Bertz CT molecular complexity index is 350. The quantitative estimate of drug-likeness (QED) is 0.821. The summed E-state index contributed by atoms with van der Waals surface area (Å²) in [6, 6.07) is 4.31. The maximum absolute atomic E-state index is 5.54. The molecule has 1 heterocycles. The Kier molecular flexibility index (Phi) is 3.23. The fraction of sp³-hybridized carbons (Fsp3) is 0.500. The highest BCUT2D eigenvalue weighted by Crippen LogP contribution is 2.30. The molecule has 0 saturated heterocycles. The zero-order valence-electron chi connectivity index (χ0n) is 9.08. The van der Waals surface area contributed by atoms with Crippen molar-refractivity contribution in [2.24, 2.45) is 5.73 Å². The van der Waals surface area contributed by atoms with Crippen molar-refractivity contribution in [1.82, 2.24) is 0 Å². The fourth-order valence-corrected chi connectivity index (χ4v) is 1.95. The van der Waals surface area contributed by atoms with Crippen LogP contribution in [0.3, 0.4) is 0 Å². The number of ether oxygens (including phenoxy) is 2. The first kappa shape index (κ1) is 10.5. The molecule has 0 spiro atoms. The summed E-state index contributed by atoms with van der Waals surface area (Å²) in [5.41, 5.74) is 9.21. The third kappa shape index (κ3) is 2.30. The van der Waals surface area contributed by atoms with Crippen LogP contribution in [0.1, 0.15) is 23.1 Å². The van der Waals surface area contributed by atoms with Gasteiger partial charge in [-0.15, -0.1) is 0 Å². The number of hydrogen-bond donors (Lipinski definition) is 1. The lowest BCUT2D eigenvalue weighted by atomic mass is 10.0. The molecule has 1 aliphatic rings. The van der Waals surface area contributed by atoms with Crippen LogP contribution in [0.15, 0.2) is 12.1 Å². The van der Waals surface area contributed by atoms with Crippen LogP contribution in [0, 0.1) is 6.92 Å². The Labute approximate surface area is 90.2 Å². The molecule has 0 radical (unpaired) electrons. The maximum atomic E-state index is 5.54. The van der Waals surface area contributed by atoms with Gasteiger partial charge < -0.3 is 15.2 Å². The molecule has 0 bridgehead atoms. The van der Waals surface area contributed by atoms with Gasteiger partial charge in [-0.3, -0.25) is 0 Å². The summed E-state index contributed by atoms with van der Waals surface area (Å²) >= 11 is 0. The van der Waals surface area contributed by atoms with Gasteiger partial charge in [0.25, 0.3) is 0 Å². The van der Waals surface area contributed by atoms with E-state index in [0.29, 0.717) is 13.4 Å². The van der Waals surface area contributed by atoms with Gasteiger partial charge in [-0.25, -0.2) is 0 Å². The average Bonchev–Trinajstić information content (AvgIpc) is 2.25. The van der Waals surface area contributed by atoms with Crippen molar-refractivity contribution in [2.75, 3.05) is 13.3 Å². The predicted molar refractivity (Wildman–Crippen MR) is 58.8 cm³/mol. The predicted octanol–water partition coefficient (Wildman–Crippen LogP) is 1.75. The van der Waals surface area contributed by atoms with E-state index in [1.54, 1.807) is 0 Å². The van der Waals surface area contributed by atoms with Crippen LogP contribution in [-0.4, -0.2) is 13.3 Å². The van der Waals surface area contributed by atoms with Gasteiger partial charge in [0.1, 0.15) is 5.75 Å². The van der Waals surface area contributed by atoms with E-state index in [0.717, 1.165) is 30.7 Å². The molecule has 0 aromatic heterocycles. The van der Waals surface area contributed by atoms with Gasteiger partial charge in [-0.2, -0.15) is 0 Å². The highest BCUT2D eigenvalue weighted by atomic mass is 16.7. The maximum Gasteiger partial charge on any atom is 0.189 e. The van der Waals surface area contributed by atoms with Gasteiger partial charge in [0.2, 0.25) is 0 Å². The monoisotopic (exact) mass is 207 g/mol. The molecule has 0 atom stereocenters. The second-order valence-electron chi connectivity index (χ2n) is 3.92. The summed E-state index contributed by atoms with van der Waals surface area (Å²) < 4.78 is 10.8. The summed E-state index contributed by atoms with van der Waals surface area (Å²) in [4.78, 5) is 0. The highest BCUT2D eigenvalue weighted by molar-refractivity contribution is 5.45. The molecule has 2 N–H and O–H groups in total. The smallest absolute Gasteiger partial charge is 0.189 e. The van der Waals surface area contributed by atoms with Crippen LogP contribution < -0.4 is 10.5 Å². The van der Waals surface area contributed by atoms with Gasteiger partial charge in [0.15, 0.2) is 6.79 Å². The molecule has 0 amide bonds. The minimum absolute atomic E-state index is 0.367. The third-order valence-electron chi connectivity index (χ3n) is 2.58. The van der Waals surface area contributed by atoms with Gasteiger partial charge in [-0.05, 0) is 31.9 Å². The van der Waals surface area contributed by atoms with Crippen molar-refractivity contribution < 1.29 is 9.47 Å².